The molecule has 1 aliphatic heterocycles. The summed E-state index contributed by atoms with van der Waals surface area (Å²) in [6, 6.07) is 0. The van der Waals surface area contributed by atoms with Crippen molar-refractivity contribution in [1.82, 2.24) is 0 Å². The van der Waals surface area contributed by atoms with Gasteiger partial charge in [0.25, 0.3) is 0 Å². The number of ether oxygens (including phenoxy) is 2. The minimum absolute atomic E-state index is 0.0616. The van der Waals surface area contributed by atoms with E-state index >= 15 is 0 Å². The molecule has 0 saturated carbocycles. The Labute approximate surface area is 61.5 Å². The Kier molecular flexibility index (Phi) is 3.72. The maximum Gasteiger partial charge on any atom is 0.157 e. The van der Waals surface area contributed by atoms with Crippen LogP contribution in [-0.2, 0) is 9.47 Å². The van der Waals surface area contributed by atoms with Crippen LogP contribution >= 0.6 is 0 Å². The Balaban J connectivity index is 1.91. The number of rotatable bonds is 4. The molecule has 0 bridgehead atoms. The van der Waals surface area contributed by atoms with Gasteiger partial charge in [-0.1, -0.05) is 0 Å². The largest absolute Gasteiger partial charge is 0.350 e. The Morgan fingerprint density at radius 3 is 2.50 bits per heavy atom. The number of hydrogen-bond donors (Lipinski definition) is 1. The standard InChI is InChI=1S/C7H15NO2/c8-4-2-1-3-7-9-5-6-10-7/h7H,1-6,8H2. The van der Waals surface area contributed by atoms with Crippen molar-refractivity contribution in [3.8, 4) is 0 Å². The first-order valence-electron chi connectivity index (χ1n) is 3.87. The summed E-state index contributed by atoms with van der Waals surface area (Å²) in [5.74, 6) is 0. The van der Waals surface area contributed by atoms with Gasteiger partial charge in [0.05, 0.1) is 13.2 Å². The molecule has 0 aromatic heterocycles. The Morgan fingerprint density at radius 1 is 1.20 bits per heavy atom. The second-order valence-corrected chi connectivity index (χ2v) is 2.46. The molecule has 3 heteroatoms. The molecule has 0 aromatic rings. The van der Waals surface area contributed by atoms with Crippen LogP contribution in [0.15, 0.2) is 0 Å². The average molecular weight is 145 g/mol. The summed E-state index contributed by atoms with van der Waals surface area (Å²) in [6.07, 6.45) is 3.24. The van der Waals surface area contributed by atoms with Gasteiger partial charge in [0.15, 0.2) is 6.29 Å². The Hall–Kier alpha value is -0.120. The molecule has 0 amide bonds. The van der Waals surface area contributed by atoms with E-state index in [9.17, 15) is 0 Å². The fourth-order valence-electron chi connectivity index (χ4n) is 1.03. The van der Waals surface area contributed by atoms with Gasteiger partial charge < -0.3 is 15.2 Å². The van der Waals surface area contributed by atoms with E-state index in [1.165, 1.54) is 0 Å². The van der Waals surface area contributed by atoms with Crippen LogP contribution in [-0.4, -0.2) is 26.0 Å². The molecule has 10 heavy (non-hydrogen) atoms. The monoisotopic (exact) mass is 145 g/mol. The lowest BCUT2D eigenvalue weighted by Gasteiger charge is -2.06. The summed E-state index contributed by atoms with van der Waals surface area (Å²) in [5.41, 5.74) is 5.33. The van der Waals surface area contributed by atoms with E-state index in [2.05, 4.69) is 0 Å². The molecule has 60 valence electrons. The quantitative estimate of drug-likeness (QED) is 0.585. The van der Waals surface area contributed by atoms with E-state index in [1.807, 2.05) is 0 Å². The highest BCUT2D eigenvalue weighted by Crippen LogP contribution is 2.10. The molecule has 1 heterocycles. The van der Waals surface area contributed by atoms with Gasteiger partial charge in [-0.3, -0.25) is 0 Å². The lowest BCUT2D eigenvalue weighted by Crippen LogP contribution is -2.08. The van der Waals surface area contributed by atoms with Crippen molar-refractivity contribution in [2.24, 2.45) is 5.73 Å². The molecular formula is C7H15NO2. The predicted octanol–water partition coefficient (Wildman–Crippen LogP) is 0.488. The molecule has 1 rings (SSSR count). The SMILES string of the molecule is NCCCCC1OCCO1. The molecule has 0 unspecified atom stereocenters. The van der Waals surface area contributed by atoms with Crippen molar-refractivity contribution in [3.05, 3.63) is 0 Å². The third-order valence-electron chi connectivity index (χ3n) is 1.58. The molecule has 0 radical (unpaired) electrons. The second-order valence-electron chi connectivity index (χ2n) is 2.46. The summed E-state index contributed by atoms with van der Waals surface area (Å²) in [5, 5.41) is 0. The molecule has 0 aromatic carbocycles. The molecule has 3 nitrogen and oxygen atoms in total. The first kappa shape index (κ1) is 7.98. The first-order valence-corrected chi connectivity index (χ1v) is 3.87. The molecule has 1 aliphatic rings. The van der Waals surface area contributed by atoms with Crippen LogP contribution in [0.1, 0.15) is 19.3 Å². The van der Waals surface area contributed by atoms with E-state index in [-0.39, 0.29) is 6.29 Å². The zero-order valence-electron chi connectivity index (χ0n) is 6.21. The van der Waals surface area contributed by atoms with Crippen LogP contribution in [0.2, 0.25) is 0 Å². The zero-order valence-corrected chi connectivity index (χ0v) is 6.21. The first-order chi connectivity index (χ1) is 4.93. The third kappa shape index (κ3) is 2.64. The van der Waals surface area contributed by atoms with E-state index in [0.717, 1.165) is 39.0 Å². The highest BCUT2D eigenvalue weighted by molar-refractivity contribution is 4.52. The zero-order chi connectivity index (χ0) is 7.23. The van der Waals surface area contributed by atoms with Gasteiger partial charge in [-0.2, -0.15) is 0 Å². The fraction of sp³-hybridized carbons (Fsp3) is 1.00. The van der Waals surface area contributed by atoms with Gasteiger partial charge in [0.1, 0.15) is 0 Å². The number of unbranched alkanes of at least 4 members (excludes halogenated alkanes) is 1. The van der Waals surface area contributed by atoms with Crippen molar-refractivity contribution in [2.45, 2.75) is 25.6 Å². The van der Waals surface area contributed by atoms with Crippen LogP contribution in [0.4, 0.5) is 0 Å². The van der Waals surface area contributed by atoms with Gasteiger partial charge >= 0.3 is 0 Å². The van der Waals surface area contributed by atoms with Crippen LogP contribution in [0, 0.1) is 0 Å². The Bertz CT molecular complexity index is 81.7. The lowest BCUT2D eigenvalue weighted by molar-refractivity contribution is -0.0478. The minimum atomic E-state index is 0.0616. The third-order valence-corrected chi connectivity index (χ3v) is 1.58. The number of hydrogen-bond acceptors (Lipinski definition) is 3. The highest BCUT2D eigenvalue weighted by atomic mass is 16.7. The van der Waals surface area contributed by atoms with Crippen molar-refractivity contribution in [1.29, 1.82) is 0 Å². The van der Waals surface area contributed by atoms with E-state index in [1.54, 1.807) is 0 Å². The summed E-state index contributed by atoms with van der Waals surface area (Å²) in [4.78, 5) is 0. The van der Waals surface area contributed by atoms with Gasteiger partial charge in [-0.05, 0) is 25.8 Å². The normalized spacial score (nSPS) is 20.1. The van der Waals surface area contributed by atoms with Crippen LogP contribution in [0.3, 0.4) is 0 Å². The molecule has 0 spiro atoms. The van der Waals surface area contributed by atoms with Crippen LogP contribution in [0.25, 0.3) is 0 Å². The van der Waals surface area contributed by atoms with Crippen molar-refractivity contribution < 1.29 is 9.47 Å². The van der Waals surface area contributed by atoms with Crippen molar-refractivity contribution in [2.75, 3.05) is 19.8 Å². The topological polar surface area (TPSA) is 44.5 Å². The molecule has 0 aliphatic carbocycles. The van der Waals surface area contributed by atoms with Gasteiger partial charge in [-0.25, -0.2) is 0 Å². The average Bonchev–Trinajstić information content (AvgIpc) is 2.41. The van der Waals surface area contributed by atoms with E-state index in [4.69, 9.17) is 15.2 Å². The molecule has 2 N–H and O–H groups in total. The van der Waals surface area contributed by atoms with Gasteiger partial charge in [0, 0.05) is 0 Å². The fourth-order valence-corrected chi connectivity index (χ4v) is 1.03. The minimum Gasteiger partial charge on any atom is -0.350 e. The maximum atomic E-state index is 5.33. The Morgan fingerprint density at radius 2 is 1.90 bits per heavy atom. The summed E-state index contributed by atoms with van der Waals surface area (Å²) >= 11 is 0. The molecule has 1 saturated heterocycles. The summed E-state index contributed by atoms with van der Waals surface area (Å²) in [6.45, 7) is 2.29. The highest BCUT2D eigenvalue weighted by Gasteiger charge is 2.14. The lowest BCUT2D eigenvalue weighted by atomic mass is 10.2. The van der Waals surface area contributed by atoms with E-state index < -0.39 is 0 Å². The smallest absolute Gasteiger partial charge is 0.157 e. The molecule has 0 atom stereocenters. The second kappa shape index (κ2) is 4.66. The van der Waals surface area contributed by atoms with E-state index in [0.29, 0.717) is 0 Å². The summed E-state index contributed by atoms with van der Waals surface area (Å²) in [7, 11) is 0. The maximum absolute atomic E-state index is 5.33. The van der Waals surface area contributed by atoms with Crippen LogP contribution < -0.4 is 5.73 Å². The van der Waals surface area contributed by atoms with Gasteiger partial charge in [-0.15, -0.1) is 0 Å². The molecule has 1 fully saturated rings. The van der Waals surface area contributed by atoms with Crippen LogP contribution in [0.5, 0.6) is 0 Å². The van der Waals surface area contributed by atoms with Crippen molar-refractivity contribution in [3.63, 3.8) is 0 Å². The predicted molar refractivity (Wildman–Crippen MR) is 38.6 cm³/mol. The molecular weight excluding hydrogens is 130 g/mol. The number of nitrogens with two attached hydrogens (primary N) is 1. The summed E-state index contributed by atoms with van der Waals surface area (Å²) < 4.78 is 10.5. The van der Waals surface area contributed by atoms with Gasteiger partial charge in [0.2, 0.25) is 0 Å². The van der Waals surface area contributed by atoms with Crippen molar-refractivity contribution >= 4 is 0 Å².